The summed E-state index contributed by atoms with van der Waals surface area (Å²) in [4.78, 5) is 0. The summed E-state index contributed by atoms with van der Waals surface area (Å²) < 4.78 is 0. The van der Waals surface area contributed by atoms with Crippen molar-refractivity contribution >= 4 is 0 Å². The summed E-state index contributed by atoms with van der Waals surface area (Å²) in [5.74, 6) is 4.19. The van der Waals surface area contributed by atoms with Gasteiger partial charge >= 0.3 is 0 Å². The van der Waals surface area contributed by atoms with Gasteiger partial charge in [0.25, 0.3) is 0 Å². The van der Waals surface area contributed by atoms with E-state index in [4.69, 9.17) is 0 Å². The summed E-state index contributed by atoms with van der Waals surface area (Å²) in [5.41, 5.74) is 4.08. The molecule has 0 nitrogen and oxygen atoms in total. The number of rotatable bonds is 0. The van der Waals surface area contributed by atoms with Crippen molar-refractivity contribution in [2.24, 2.45) is 23.7 Å². The smallest absolute Gasteiger partial charge is 0.0197 e. The van der Waals surface area contributed by atoms with E-state index in [9.17, 15) is 0 Å². The first-order chi connectivity index (χ1) is 7.93. The third-order valence-electron chi connectivity index (χ3n) is 6.03. The van der Waals surface area contributed by atoms with Crippen LogP contribution in [0.25, 0.3) is 0 Å². The van der Waals surface area contributed by atoms with Crippen LogP contribution < -0.4 is 0 Å². The molecule has 0 saturated heterocycles. The van der Waals surface area contributed by atoms with Gasteiger partial charge in [-0.3, -0.25) is 0 Å². The molecule has 0 spiro atoms. The fourth-order valence-corrected chi connectivity index (χ4v) is 5.46. The van der Waals surface area contributed by atoms with Crippen molar-refractivity contribution in [2.75, 3.05) is 0 Å². The van der Waals surface area contributed by atoms with E-state index in [-0.39, 0.29) is 0 Å². The van der Waals surface area contributed by atoms with Crippen molar-refractivity contribution in [3.05, 3.63) is 11.1 Å². The molecule has 4 rings (SSSR count). The molecule has 0 amide bonds. The Morgan fingerprint density at radius 1 is 0.438 bits per heavy atom. The van der Waals surface area contributed by atoms with Crippen molar-refractivity contribution < 1.29 is 0 Å². The van der Waals surface area contributed by atoms with Crippen LogP contribution >= 0.6 is 0 Å². The van der Waals surface area contributed by atoms with Gasteiger partial charge in [-0.25, -0.2) is 0 Å². The van der Waals surface area contributed by atoms with E-state index < -0.39 is 0 Å². The summed E-state index contributed by atoms with van der Waals surface area (Å²) in [6.07, 6.45) is 15.4. The molecule has 88 valence electrons. The highest BCUT2D eigenvalue weighted by Crippen LogP contribution is 2.55. The minimum Gasteiger partial charge on any atom is -0.0642 e. The van der Waals surface area contributed by atoms with E-state index in [1.165, 1.54) is 38.5 Å². The van der Waals surface area contributed by atoms with Gasteiger partial charge in [0, 0.05) is 0 Å². The van der Waals surface area contributed by atoms with E-state index in [1.807, 2.05) is 11.1 Å². The van der Waals surface area contributed by atoms with Crippen molar-refractivity contribution in [1.29, 1.82) is 0 Å². The molecular formula is C16H24. The summed E-state index contributed by atoms with van der Waals surface area (Å²) in [7, 11) is 0. The van der Waals surface area contributed by atoms with Gasteiger partial charge in [0.05, 0.1) is 0 Å². The molecule has 0 N–H and O–H groups in total. The molecule has 0 aromatic heterocycles. The first kappa shape index (κ1) is 9.74. The van der Waals surface area contributed by atoms with E-state index in [1.54, 1.807) is 25.7 Å². The molecular weight excluding hydrogens is 192 g/mol. The predicted molar refractivity (Wildman–Crippen MR) is 67.2 cm³/mol. The molecule has 0 unspecified atom stereocenters. The summed E-state index contributed by atoms with van der Waals surface area (Å²) in [6.45, 7) is 0. The second-order valence-electron chi connectivity index (χ2n) is 6.71. The predicted octanol–water partition coefficient (Wildman–Crippen LogP) is 4.70. The molecule has 16 heavy (non-hydrogen) atoms. The molecule has 2 fully saturated rings. The van der Waals surface area contributed by atoms with Crippen LogP contribution in [0.1, 0.15) is 64.2 Å². The van der Waals surface area contributed by atoms with Crippen molar-refractivity contribution in [3.8, 4) is 0 Å². The Morgan fingerprint density at radius 3 is 1.06 bits per heavy atom. The maximum absolute atomic E-state index is 2.04. The van der Waals surface area contributed by atoms with Crippen molar-refractivity contribution in [1.82, 2.24) is 0 Å². The van der Waals surface area contributed by atoms with Gasteiger partial charge in [-0.05, 0) is 75.0 Å². The number of allylic oxidation sites excluding steroid dienone is 2. The zero-order valence-electron chi connectivity index (χ0n) is 10.4. The van der Waals surface area contributed by atoms with Gasteiger partial charge in [0.2, 0.25) is 0 Å². The van der Waals surface area contributed by atoms with Crippen molar-refractivity contribution in [3.63, 3.8) is 0 Å². The molecule has 0 heterocycles. The normalized spacial score (nSPS) is 46.5. The second kappa shape index (κ2) is 3.62. The Balaban J connectivity index is 1.81. The average Bonchev–Trinajstić information content (AvgIpc) is 2.36. The van der Waals surface area contributed by atoms with Crippen LogP contribution in [-0.4, -0.2) is 0 Å². The summed E-state index contributed by atoms with van der Waals surface area (Å²) in [5, 5.41) is 0. The molecule has 2 saturated carbocycles. The SMILES string of the molecule is C1C[C@@H]2CC[C@H]3CCC[C@H]4CC[C@@H](C1)C2=C34. The van der Waals surface area contributed by atoms with E-state index >= 15 is 0 Å². The van der Waals surface area contributed by atoms with Crippen LogP contribution in [-0.2, 0) is 0 Å². The Kier molecular flexibility index (Phi) is 2.20. The molecule has 4 atom stereocenters. The highest BCUT2D eigenvalue weighted by atomic mass is 14.5. The van der Waals surface area contributed by atoms with E-state index in [0.717, 1.165) is 23.7 Å². The van der Waals surface area contributed by atoms with Crippen LogP contribution in [0.2, 0.25) is 0 Å². The Labute approximate surface area is 99.5 Å². The molecule has 0 bridgehead atoms. The fraction of sp³-hybridized carbons (Fsp3) is 0.875. The van der Waals surface area contributed by atoms with Gasteiger partial charge in [-0.15, -0.1) is 0 Å². The molecule has 0 radical (unpaired) electrons. The zero-order chi connectivity index (χ0) is 10.5. The van der Waals surface area contributed by atoms with Gasteiger partial charge in [-0.2, -0.15) is 0 Å². The lowest BCUT2D eigenvalue weighted by Gasteiger charge is -2.49. The van der Waals surface area contributed by atoms with Gasteiger partial charge in [-0.1, -0.05) is 24.0 Å². The lowest BCUT2D eigenvalue weighted by Crippen LogP contribution is -2.36. The van der Waals surface area contributed by atoms with E-state index in [0.29, 0.717) is 0 Å². The average molecular weight is 216 g/mol. The molecule has 0 aromatic carbocycles. The highest BCUT2D eigenvalue weighted by Gasteiger charge is 2.42. The van der Waals surface area contributed by atoms with E-state index in [2.05, 4.69) is 0 Å². The molecule has 0 aromatic rings. The molecule has 0 aliphatic heterocycles. The van der Waals surface area contributed by atoms with Crippen LogP contribution in [0, 0.1) is 23.7 Å². The Hall–Kier alpha value is -0.260. The molecule has 4 aliphatic carbocycles. The van der Waals surface area contributed by atoms with Crippen LogP contribution in [0.4, 0.5) is 0 Å². The summed E-state index contributed by atoms with van der Waals surface area (Å²) in [6, 6.07) is 0. The third kappa shape index (κ3) is 1.28. The maximum Gasteiger partial charge on any atom is -0.0197 e. The minimum atomic E-state index is 1.05. The first-order valence-corrected chi connectivity index (χ1v) is 7.67. The van der Waals surface area contributed by atoms with Crippen LogP contribution in [0.3, 0.4) is 0 Å². The van der Waals surface area contributed by atoms with Crippen LogP contribution in [0.15, 0.2) is 11.1 Å². The standard InChI is InChI=1S/C16H24/c1-3-11-7-9-13-5-2-6-14-10-8-12(4-1)15(11)16(13)14/h11-14H,1-10H2/t11-,12-,13-,14+/m1/s1. The lowest BCUT2D eigenvalue weighted by atomic mass is 9.56. The second-order valence-corrected chi connectivity index (χ2v) is 6.71. The molecule has 0 heteroatoms. The number of hydrogen-bond acceptors (Lipinski definition) is 0. The van der Waals surface area contributed by atoms with Crippen LogP contribution in [0.5, 0.6) is 0 Å². The Bertz CT molecular complexity index is 265. The largest absolute Gasteiger partial charge is 0.0642 e. The minimum absolute atomic E-state index is 1.05. The molecule has 4 aliphatic rings. The maximum atomic E-state index is 2.04. The van der Waals surface area contributed by atoms with Gasteiger partial charge < -0.3 is 0 Å². The van der Waals surface area contributed by atoms with Gasteiger partial charge in [0.1, 0.15) is 0 Å². The van der Waals surface area contributed by atoms with Crippen molar-refractivity contribution in [2.45, 2.75) is 64.2 Å². The monoisotopic (exact) mass is 216 g/mol. The summed E-state index contributed by atoms with van der Waals surface area (Å²) >= 11 is 0. The number of hydrogen-bond donors (Lipinski definition) is 0. The highest BCUT2D eigenvalue weighted by molar-refractivity contribution is 5.32. The fourth-order valence-electron chi connectivity index (χ4n) is 5.46. The quantitative estimate of drug-likeness (QED) is 0.515. The first-order valence-electron chi connectivity index (χ1n) is 7.67. The van der Waals surface area contributed by atoms with Gasteiger partial charge in [0.15, 0.2) is 0 Å². The zero-order valence-corrected chi connectivity index (χ0v) is 10.4. The Morgan fingerprint density at radius 2 is 0.750 bits per heavy atom. The third-order valence-corrected chi connectivity index (χ3v) is 6.03. The topological polar surface area (TPSA) is 0 Å². The lowest BCUT2D eigenvalue weighted by molar-refractivity contribution is 0.202.